The smallest absolute Gasteiger partial charge is 0.329 e. The van der Waals surface area contributed by atoms with Crippen molar-refractivity contribution in [1.29, 1.82) is 0 Å². The van der Waals surface area contributed by atoms with E-state index < -0.39 is 4.92 Å². The van der Waals surface area contributed by atoms with E-state index >= 15 is 0 Å². The molecular weight excluding hydrogens is 354 g/mol. The van der Waals surface area contributed by atoms with Gasteiger partial charge in [0.05, 0.1) is 18.0 Å². The van der Waals surface area contributed by atoms with E-state index in [2.05, 4.69) is 20.6 Å². The number of esters is 1. The molecule has 1 aromatic rings. The Morgan fingerprint density at radius 1 is 1.19 bits per heavy atom. The van der Waals surface area contributed by atoms with Crippen LogP contribution in [0.1, 0.15) is 38.5 Å². The molecule has 0 amide bonds. The molecule has 1 aromatic heterocycles. The van der Waals surface area contributed by atoms with Crippen LogP contribution in [0.3, 0.4) is 0 Å². The number of carbonyl (C=O) groups excluding carboxylic acids is 1. The number of anilines is 2. The maximum absolute atomic E-state index is 11.6. The number of aromatic nitrogens is 2. The first-order chi connectivity index (χ1) is 13.1. The Hall–Kier alpha value is -2.49. The van der Waals surface area contributed by atoms with Crippen molar-refractivity contribution < 1.29 is 19.2 Å². The molecule has 3 rings (SSSR count). The van der Waals surface area contributed by atoms with E-state index in [0.717, 1.165) is 25.7 Å². The summed E-state index contributed by atoms with van der Waals surface area (Å²) in [4.78, 5) is 30.9. The van der Waals surface area contributed by atoms with Crippen LogP contribution < -0.4 is 10.6 Å². The molecule has 1 saturated carbocycles. The number of ether oxygens (including phenoxy) is 2. The maximum Gasteiger partial charge on any atom is 0.329 e. The average molecular weight is 379 g/mol. The lowest BCUT2D eigenvalue weighted by Crippen LogP contribution is -2.31. The topological polar surface area (TPSA) is 129 Å². The molecule has 0 spiro atoms. The van der Waals surface area contributed by atoms with Gasteiger partial charge in [-0.05, 0) is 38.5 Å². The first-order valence-electron chi connectivity index (χ1n) is 9.27. The number of nitrogens with zero attached hydrogens (tertiary/aromatic N) is 3. The third kappa shape index (κ3) is 5.03. The second-order valence-corrected chi connectivity index (χ2v) is 6.93. The van der Waals surface area contributed by atoms with Crippen molar-refractivity contribution in [3.05, 3.63) is 16.3 Å². The lowest BCUT2D eigenvalue weighted by molar-refractivity contribution is -0.384. The lowest BCUT2D eigenvalue weighted by Gasteiger charge is -2.28. The second-order valence-electron chi connectivity index (χ2n) is 6.93. The van der Waals surface area contributed by atoms with E-state index in [4.69, 9.17) is 9.47 Å². The summed E-state index contributed by atoms with van der Waals surface area (Å²) in [6.07, 6.45) is 5.76. The van der Waals surface area contributed by atoms with Gasteiger partial charge in [-0.1, -0.05) is 0 Å². The molecule has 0 aromatic carbocycles. The minimum atomic E-state index is -0.485. The third-order valence-electron chi connectivity index (χ3n) is 5.12. The minimum Gasteiger partial charge on any atom is -0.469 e. The number of hydrogen-bond donors (Lipinski definition) is 2. The van der Waals surface area contributed by atoms with Crippen molar-refractivity contribution in [3.8, 4) is 0 Å². The SMILES string of the molecule is COC(=O)[C@H]1CC[C@H](Nc2nc(NC3CCOCC3)ncc2[N+](=O)[O-])CC1. The Morgan fingerprint density at radius 3 is 2.48 bits per heavy atom. The molecule has 1 saturated heterocycles. The Bertz CT molecular complexity index is 672. The van der Waals surface area contributed by atoms with E-state index in [-0.39, 0.29) is 35.5 Å². The van der Waals surface area contributed by atoms with Gasteiger partial charge < -0.3 is 20.1 Å². The van der Waals surface area contributed by atoms with Crippen molar-refractivity contribution in [2.75, 3.05) is 31.0 Å². The fourth-order valence-electron chi connectivity index (χ4n) is 3.54. The summed E-state index contributed by atoms with van der Waals surface area (Å²) < 4.78 is 10.1. The average Bonchev–Trinajstić information content (AvgIpc) is 2.69. The van der Waals surface area contributed by atoms with Gasteiger partial charge in [0, 0.05) is 25.3 Å². The minimum absolute atomic E-state index is 0.0236. The zero-order chi connectivity index (χ0) is 19.2. The molecule has 1 aliphatic carbocycles. The van der Waals surface area contributed by atoms with E-state index in [0.29, 0.717) is 32.0 Å². The van der Waals surface area contributed by atoms with Gasteiger partial charge in [-0.3, -0.25) is 14.9 Å². The van der Waals surface area contributed by atoms with E-state index in [1.165, 1.54) is 13.3 Å². The van der Waals surface area contributed by atoms with Gasteiger partial charge in [0.25, 0.3) is 0 Å². The number of rotatable bonds is 6. The molecule has 2 N–H and O–H groups in total. The summed E-state index contributed by atoms with van der Waals surface area (Å²) in [6.45, 7) is 1.36. The highest BCUT2D eigenvalue weighted by atomic mass is 16.6. The molecule has 0 atom stereocenters. The van der Waals surface area contributed by atoms with Gasteiger partial charge in [0.15, 0.2) is 0 Å². The molecular formula is C17H25N5O5. The molecule has 1 aliphatic heterocycles. The summed E-state index contributed by atoms with van der Waals surface area (Å²) in [5.41, 5.74) is -0.150. The summed E-state index contributed by atoms with van der Waals surface area (Å²) in [5, 5.41) is 17.7. The van der Waals surface area contributed by atoms with Crippen molar-refractivity contribution in [2.45, 2.75) is 50.6 Å². The van der Waals surface area contributed by atoms with Gasteiger partial charge in [-0.25, -0.2) is 4.98 Å². The number of hydrogen-bond acceptors (Lipinski definition) is 9. The molecule has 2 heterocycles. The molecule has 27 heavy (non-hydrogen) atoms. The largest absolute Gasteiger partial charge is 0.469 e. The van der Waals surface area contributed by atoms with Crippen LogP contribution in [0.2, 0.25) is 0 Å². The highest BCUT2D eigenvalue weighted by Gasteiger charge is 2.29. The fraction of sp³-hybridized carbons (Fsp3) is 0.706. The Labute approximate surface area is 157 Å². The van der Waals surface area contributed by atoms with Crippen LogP contribution in [0, 0.1) is 16.0 Å². The maximum atomic E-state index is 11.6. The Balaban J connectivity index is 1.66. The molecule has 0 unspecified atom stereocenters. The predicted molar refractivity (Wildman–Crippen MR) is 97.5 cm³/mol. The highest BCUT2D eigenvalue weighted by Crippen LogP contribution is 2.30. The first-order valence-corrected chi connectivity index (χ1v) is 9.27. The van der Waals surface area contributed by atoms with Crippen molar-refractivity contribution in [1.82, 2.24) is 9.97 Å². The van der Waals surface area contributed by atoms with Crippen LogP contribution in [0.5, 0.6) is 0 Å². The molecule has 2 aliphatic rings. The van der Waals surface area contributed by atoms with Crippen LogP contribution in [0.25, 0.3) is 0 Å². The van der Waals surface area contributed by atoms with Gasteiger partial charge in [-0.15, -0.1) is 0 Å². The summed E-state index contributed by atoms with van der Waals surface area (Å²) in [7, 11) is 1.39. The van der Waals surface area contributed by atoms with Crippen molar-refractivity contribution in [2.24, 2.45) is 5.92 Å². The first kappa shape index (κ1) is 19.3. The van der Waals surface area contributed by atoms with Gasteiger partial charge in [0.1, 0.15) is 6.20 Å². The van der Waals surface area contributed by atoms with E-state index in [1.807, 2.05) is 0 Å². The summed E-state index contributed by atoms with van der Waals surface area (Å²) >= 11 is 0. The van der Waals surface area contributed by atoms with Crippen LogP contribution in [0.15, 0.2) is 6.20 Å². The predicted octanol–water partition coefficient (Wildman–Crippen LogP) is 2.12. The lowest BCUT2D eigenvalue weighted by atomic mass is 9.86. The Kier molecular flexibility index (Phi) is 6.38. The van der Waals surface area contributed by atoms with Gasteiger partial charge >= 0.3 is 11.7 Å². The highest BCUT2D eigenvalue weighted by molar-refractivity contribution is 5.72. The van der Waals surface area contributed by atoms with Crippen LogP contribution >= 0.6 is 0 Å². The number of nitro groups is 1. The quantitative estimate of drug-likeness (QED) is 0.434. The zero-order valence-corrected chi connectivity index (χ0v) is 15.3. The second kappa shape index (κ2) is 8.94. The van der Waals surface area contributed by atoms with Gasteiger partial charge in [-0.2, -0.15) is 4.98 Å². The van der Waals surface area contributed by atoms with E-state index in [9.17, 15) is 14.9 Å². The molecule has 148 valence electrons. The summed E-state index contributed by atoms with van der Waals surface area (Å²) in [6, 6.07) is 0.221. The van der Waals surface area contributed by atoms with Crippen LogP contribution in [-0.2, 0) is 14.3 Å². The Morgan fingerprint density at radius 2 is 1.85 bits per heavy atom. The monoisotopic (exact) mass is 379 g/mol. The fourth-order valence-corrected chi connectivity index (χ4v) is 3.54. The number of methoxy groups -OCH3 is 1. The van der Waals surface area contributed by atoms with Gasteiger partial charge in [0.2, 0.25) is 11.8 Å². The molecule has 0 bridgehead atoms. The van der Waals surface area contributed by atoms with Crippen molar-refractivity contribution in [3.63, 3.8) is 0 Å². The normalized spacial score (nSPS) is 23.4. The number of carbonyl (C=O) groups is 1. The standard InChI is InChI=1S/C17H25N5O5/c1-26-16(23)11-2-4-12(5-3-11)19-15-14(22(24)25)10-18-17(21-15)20-13-6-8-27-9-7-13/h10-13H,2-9H2,1H3,(H2,18,19,20,21)/t11-,12-. The third-order valence-corrected chi connectivity index (χ3v) is 5.12. The zero-order valence-electron chi connectivity index (χ0n) is 15.3. The van der Waals surface area contributed by atoms with Crippen LogP contribution in [0.4, 0.5) is 17.5 Å². The molecule has 10 nitrogen and oxygen atoms in total. The summed E-state index contributed by atoms with van der Waals surface area (Å²) in [5.74, 6) is 0.299. The molecule has 10 heteroatoms. The molecule has 2 fully saturated rings. The molecule has 0 radical (unpaired) electrons. The van der Waals surface area contributed by atoms with Crippen molar-refractivity contribution >= 4 is 23.4 Å². The van der Waals surface area contributed by atoms with Crippen LogP contribution in [-0.4, -0.2) is 53.3 Å². The van der Waals surface area contributed by atoms with E-state index in [1.54, 1.807) is 0 Å². The number of nitrogens with one attached hydrogen (secondary N) is 2.